The molecule has 0 unspecified atom stereocenters. The third kappa shape index (κ3) is 5.63. The summed E-state index contributed by atoms with van der Waals surface area (Å²) < 4.78 is 35.4. The Morgan fingerprint density at radius 3 is 2.47 bits per heavy atom. The fourth-order valence-electron chi connectivity index (χ4n) is 3.84. The average Bonchev–Trinajstić information content (AvgIpc) is 3.34. The Kier molecular flexibility index (Phi) is 7.28. The highest BCUT2D eigenvalue weighted by Crippen LogP contribution is 2.31. The van der Waals surface area contributed by atoms with E-state index in [0.717, 1.165) is 24.8 Å². The van der Waals surface area contributed by atoms with E-state index in [1.54, 1.807) is 29.2 Å². The molecule has 0 radical (unpaired) electrons. The van der Waals surface area contributed by atoms with Crippen molar-refractivity contribution in [2.24, 2.45) is 0 Å². The molecule has 180 valence electrons. The number of rotatable bonds is 8. The molecule has 1 aromatic heterocycles. The Morgan fingerprint density at radius 1 is 1.09 bits per heavy atom. The van der Waals surface area contributed by atoms with E-state index in [1.807, 2.05) is 26.0 Å². The number of anilines is 1. The Morgan fingerprint density at radius 2 is 1.82 bits per heavy atom. The van der Waals surface area contributed by atoms with Crippen LogP contribution in [-0.2, 0) is 16.6 Å². The van der Waals surface area contributed by atoms with Gasteiger partial charge in [0.15, 0.2) is 0 Å². The number of hydrogen-bond donors (Lipinski definition) is 1. The van der Waals surface area contributed by atoms with Crippen molar-refractivity contribution in [2.75, 3.05) is 18.4 Å². The van der Waals surface area contributed by atoms with E-state index >= 15 is 0 Å². The van der Waals surface area contributed by atoms with Crippen LogP contribution in [0, 0.1) is 0 Å². The number of aromatic nitrogens is 3. The predicted octanol–water partition coefficient (Wildman–Crippen LogP) is 3.54. The Balaban J connectivity index is 1.56. The van der Waals surface area contributed by atoms with Crippen molar-refractivity contribution in [3.8, 4) is 5.75 Å². The van der Waals surface area contributed by atoms with Gasteiger partial charge < -0.3 is 10.1 Å². The number of amides is 1. The molecule has 0 saturated carbocycles. The zero-order valence-corrected chi connectivity index (χ0v) is 20.2. The summed E-state index contributed by atoms with van der Waals surface area (Å²) in [4.78, 5) is 17.1. The zero-order chi connectivity index (χ0) is 24.1. The molecule has 10 heteroatoms. The number of nitrogens with one attached hydrogen (secondary N) is 1. The van der Waals surface area contributed by atoms with Gasteiger partial charge in [0.2, 0.25) is 10.0 Å². The van der Waals surface area contributed by atoms with Crippen LogP contribution in [0.5, 0.6) is 5.75 Å². The van der Waals surface area contributed by atoms with Gasteiger partial charge in [-0.15, -0.1) is 0 Å². The smallest absolute Gasteiger partial charge is 0.255 e. The van der Waals surface area contributed by atoms with Crippen molar-refractivity contribution in [3.05, 3.63) is 66.2 Å². The molecule has 9 nitrogen and oxygen atoms in total. The van der Waals surface area contributed by atoms with Crippen LogP contribution < -0.4 is 10.1 Å². The second-order valence-corrected chi connectivity index (χ2v) is 10.5. The molecule has 1 amide bonds. The second kappa shape index (κ2) is 10.4. The molecule has 2 aromatic carbocycles. The van der Waals surface area contributed by atoms with E-state index < -0.39 is 10.0 Å². The number of sulfonamides is 1. The van der Waals surface area contributed by atoms with Gasteiger partial charge >= 0.3 is 0 Å². The topological polar surface area (TPSA) is 106 Å². The first-order chi connectivity index (χ1) is 16.3. The third-order valence-electron chi connectivity index (χ3n) is 5.54. The molecule has 1 aliphatic rings. The second-order valence-electron chi connectivity index (χ2n) is 8.53. The number of benzene rings is 2. The van der Waals surface area contributed by atoms with E-state index in [1.165, 1.54) is 22.8 Å². The van der Waals surface area contributed by atoms with Gasteiger partial charge in [0.05, 0.1) is 23.2 Å². The molecule has 4 rings (SSSR count). The first-order valence-corrected chi connectivity index (χ1v) is 12.8. The number of carbonyl (C=O) groups is 1. The van der Waals surface area contributed by atoms with Crippen molar-refractivity contribution < 1.29 is 17.9 Å². The molecule has 2 heterocycles. The van der Waals surface area contributed by atoms with Crippen molar-refractivity contribution in [2.45, 2.75) is 50.7 Å². The summed E-state index contributed by atoms with van der Waals surface area (Å²) in [7, 11) is -3.65. The van der Waals surface area contributed by atoms with E-state index in [0.29, 0.717) is 36.6 Å². The van der Waals surface area contributed by atoms with E-state index in [2.05, 4.69) is 15.4 Å². The fraction of sp³-hybridized carbons (Fsp3) is 0.375. The molecular formula is C24H29N5O4S. The largest absolute Gasteiger partial charge is 0.489 e. The molecule has 0 bridgehead atoms. The van der Waals surface area contributed by atoms with Gasteiger partial charge in [-0.1, -0.05) is 18.6 Å². The SMILES string of the molecule is CC(C)Oc1ccc(S(=O)(=O)N2CCCCC2)cc1NC(=O)c1ccc(Cn2cncn2)cc1. The molecule has 1 fully saturated rings. The first kappa shape index (κ1) is 23.9. The van der Waals surface area contributed by atoms with Crippen molar-refractivity contribution in [1.29, 1.82) is 0 Å². The van der Waals surface area contributed by atoms with Crippen LogP contribution in [0.2, 0.25) is 0 Å². The predicted molar refractivity (Wildman–Crippen MR) is 128 cm³/mol. The van der Waals surface area contributed by atoms with Gasteiger partial charge in [-0.05, 0) is 62.6 Å². The molecule has 1 N–H and O–H groups in total. The van der Waals surface area contributed by atoms with Crippen LogP contribution in [-0.4, -0.2) is 52.6 Å². The summed E-state index contributed by atoms with van der Waals surface area (Å²) in [5.74, 6) is 0.0668. The van der Waals surface area contributed by atoms with Crippen molar-refractivity contribution >= 4 is 21.6 Å². The lowest BCUT2D eigenvalue weighted by molar-refractivity contribution is 0.102. The summed E-state index contributed by atoms with van der Waals surface area (Å²) in [6, 6.07) is 11.8. The first-order valence-electron chi connectivity index (χ1n) is 11.4. The minimum absolute atomic E-state index is 0.142. The highest BCUT2D eigenvalue weighted by molar-refractivity contribution is 7.89. The van der Waals surface area contributed by atoms with E-state index in [4.69, 9.17) is 4.74 Å². The lowest BCUT2D eigenvalue weighted by atomic mass is 10.1. The monoisotopic (exact) mass is 483 g/mol. The molecule has 3 aromatic rings. The highest BCUT2D eigenvalue weighted by atomic mass is 32.2. The molecule has 0 aliphatic carbocycles. The number of hydrogen-bond acceptors (Lipinski definition) is 6. The maximum atomic E-state index is 13.2. The number of piperidine rings is 1. The van der Waals surface area contributed by atoms with E-state index in [-0.39, 0.29) is 16.9 Å². The molecule has 0 atom stereocenters. The van der Waals surface area contributed by atoms with Gasteiger partial charge in [-0.2, -0.15) is 9.40 Å². The average molecular weight is 484 g/mol. The molecule has 0 spiro atoms. The quantitative estimate of drug-likeness (QED) is 0.525. The highest BCUT2D eigenvalue weighted by Gasteiger charge is 2.27. The maximum Gasteiger partial charge on any atom is 0.255 e. The van der Waals surface area contributed by atoms with Crippen molar-refractivity contribution in [1.82, 2.24) is 19.1 Å². The lowest BCUT2D eigenvalue weighted by Crippen LogP contribution is -2.35. The minimum Gasteiger partial charge on any atom is -0.489 e. The number of carbonyl (C=O) groups excluding carboxylic acids is 1. The third-order valence-corrected chi connectivity index (χ3v) is 7.44. The van der Waals surface area contributed by atoms with Crippen molar-refractivity contribution in [3.63, 3.8) is 0 Å². The van der Waals surface area contributed by atoms with Crippen LogP contribution in [0.4, 0.5) is 5.69 Å². The Labute approximate surface area is 199 Å². The minimum atomic E-state index is -3.65. The summed E-state index contributed by atoms with van der Waals surface area (Å²) in [6.45, 7) is 5.31. The van der Waals surface area contributed by atoms with Gasteiger partial charge in [0.1, 0.15) is 18.4 Å². The normalized spacial score (nSPS) is 14.8. The van der Waals surface area contributed by atoms with Crippen LogP contribution in [0.3, 0.4) is 0 Å². The van der Waals surface area contributed by atoms with Gasteiger partial charge in [0, 0.05) is 18.7 Å². The van der Waals surface area contributed by atoms with Crippen LogP contribution in [0.1, 0.15) is 49.0 Å². The lowest BCUT2D eigenvalue weighted by Gasteiger charge is -2.26. The number of nitrogens with zero attached hydrogens (tertiary/aromatic N) is 4. The summed E-state index contributed by atoms with van der Waals surface area (Å²) >= 11 is 0. The van der Waals surface area contributed by atoms with E-state index in [9.17, 15) is 13.2 Å². The fourth-order valence-corrected chi connectivity index (χ4v) is 5.38. The summed E-state index contributed by atoms with van der Waals surface area (Å²) in [5.41, 5.74) is 1.74. The zero-order valence-electron chi connectivity index (χ0n) is 19.3. The van der Waals surface area contributed by atoms with Gasteiger partial charge in [0.25, 0.3) is 5.91 Å². The summed E-state index contributed by atoms with van der Waals surface area (Å²) in [5, 5.41) is 6.92. The Bertz CT molecular complexity index is 1220. The van der Waals surface area contributed by atoms with Crippen LogP contribution in [0.25, 0.3) is 0 Å². The molecule has 34 heavy (non-hydrogen) atoms. The van der Waals surface area contributed by atoms with Crippen LogP contribution >= 0.6 is 0 Å². The molecule has 1 aliphatic heterocycles. The molecule has 1 saturated heterocycles. The van der Waals surface area contributed by atoms with Gasteiger partial charge in [-0.25, -0.2) is 18.1 Å². The Hall–Kier alpha value is -3.24. The standard InChI is InChI=1S/C24H29N5O4S/c1-18(2)33-23-11-10-21(34(31,32)29-12-4-3-5-13-29)14-22(23)27-24(30)20-8-6-19(7-9-20)15-28-17-25-16-26-28/h6-11,14,16-18H,3-5,12-13,15H2,1-2H3,(H,27,30). The van der Waals surface area contributed by atoms with Crippen LogP contribution in [0.15, 0.2) is 60.0 Å². The summed E-state index contributed by atoms with van der Waals surface area (Å²) in [6.07, 6.45) is 5.69. The van der Waals surface area contributed by atoms with Gasteiger partial charge in [-0.3, -0.25) is 4.79 Å². The molecular weight excluding hydrogens is 454 g/mol. The number of ether oxygens (including phenoxy) is 1. The maximum absolute atomic E-state index is 13.2.